The van der Waals surface area contributed by atoms with E-state index in [1.807, 2.05) is 0 Å². The Hall–Kier alpha value is -1.65. The average Bonchev–Trinajstić information content (AvgIpc) is 2.51. The van der Waals surface area contributed by atoms with E-state index < -0.39 is 11.8 Å². The first kappa shape index (κ1) is 11.4. The first-order chi connectivity index (χ1) is 7.11. The van der Waals surface area contributed by atoms with Crippen LogP contribution in [0.25, 0.3) is 0 Å². The highest BCUT2D eigenvalue weighted by Gasteiger charge is 2.18. The normalized spacial score (nSPS) is 17.7. The van der Waals surface area contributed by atoms with E-state index in [9.17, 15) is 14.4 Å². The van der Waals surface area contributed by atoms with Crippen molar-refractivity contribution in [3.05, 3.63) is 11.8 Å². The summed E-state index contributed by atoms with van der Waals surface area (Å²) in [6.07, 6.45) is 1.59. The fourth-order valence-electron chi connectivity index (χ4n) is 1.16. The zero-order chi connectivity index (χ0) is 11.3. The Labute approximate surface area is 87.0 Å². The van der Waals surface area contributed by atoms with E-state index in [0.717, 1.165) is 0 Å². The maximum absolute atomic E-state index is 11.2. The third kappa shape index (κ3) is 3.93. The van der Waals surface area contributed by atoms with E-state index in [4.69, 9.17) is 4.74 Å². The number of esters is 2. The second-order valence-corrected chi connectivity index (χ2v) is 3.03. The van der Waals surface area contributed by atoms with Crippen LogP contribution >= 0.6 is 0 Å². The van der Waals surface area contributed by atoms with Crippen LogP contribution < -0.4 is 0 Å². The number of cyclic esters (lactones) is 1. The topological polar surface area (TPSA) is 69.7 Å². The molecule has 1 saturated heterocycles. The summed E-state index contributed by atoms with van der Waals surface area (Å²) in [5.74, 6) is -0.985. The lowest BCUT2D eigenvalue weighted by Crippen LogP contribution is -2.09. The van der Waals surface area contributed by atoms with Gasteiger partial charge in [-0.25, -0.2) is 0 Å². The van der Waals surface area contributed by atoms with Crippen molar-refractivity contribution in [2.24, 2.45) is 0 Å². The number of carbonyl (C=O) groups excluding carboxylic acids is 3. The molecular weight excluding hydrogens is 200 g/mol. The van der Waals surface area contributed by atoms with Crippen molar-refractivity contribution >= 4 is 17.7 Å². The fourth-order valence-corrected chi connectivity index (χ4v) is 1.16. The van der Waals surface area contributed by atoms with Crippen molar-refractivity contribution in [2.45, 2.75) is 26.2 Å². The summed E-state index contributed by atoms with van der Waals surface area (Å²) in [6.45, 7) is 1.91. The lowest BCUT2D eigenvalue weighted by atomic mass is 10.2. The van der Waals surface area contributed by atoms with Gasteiger partial charge in [0.2, 0.25) is 0 Å². The molecule has 1 aliphatic heterocycles. The van der Waals surface area contributed by atoms with E-state index in [0.29, 0.717) is 18.6 Å². The molecule has 1 fully saturated rings. The molecule has 0 aliphatic carbocycles. The summed E-state index contributed by atoms with van der Waals surface area (Å²) < 4.78 is 9.32. The summed E-state index contributed by atoms with van der Waals surface area (Å²) in [4.78, 5) is 32.8. The largest absolute Gasteiger partial charge is 0.466 e. The molecule has 15 heavy (non-hydrogen) atoms. The van der Waals surface area contributed by atoms with Crippen LogP contribution in [0, 0.1) is 0 Å². The first-order valence-electron chi connectivity index (χ1n) is 4.71. The van der Waals surface area contributed by atoms with Gasteiger partial charge in [0.05, 0.1) is 13.0 Å². The highest BCUT2D eigenvalue weighted by molar-refractivity contribution is 6.02. The van der Waals surface area contributed by atoms with Crippen LogP contribution in [0.5, 0.6) is 0 Å². The van der Waals surface area contributed by atoms with Crippen LogP contribution in [-0.2, 0) is 23.9 Å². The van der Waals surface area contributed by atoms with Crippen LogP contribution in [0.1, 0.15) is 26.2 Å². The quantitative estimate of drug-likeness (QED) is 0.390. The molecule has 0 aromatic rings. The number of hydrogen-bond acceptors (Lipinski definition) is 5. The van der Waals surface area contributed by atoms with Crippen molar-refractivity contribution in [1.29, 1.82) is 0 Å². The highest BCUT2D eigenvalue weighted by atomic mass is 16.5. The zero-order valence-electron chi connectivity index (χ0n) is 8.45. The molecule has 0 atom stereocenters. The summed E-state index contributed by atoms with van der Waals surface area (Å²) in [7, 11) is 0. The Bertz CT molecular complexity index is 316. The van der Waals surface area contributed by atoms with Crippen molar-refractivity contribution in [2.75, 3.05) is 6.61 Å². The van der Waals surface area contributed by atoms with Crippen LogP contribution in [0.2, 0.25) is 0 Å². The van der Waals surface area contributed by atoms with Crippen molar-refractivity contribution in [1.82, 2.24) is 0 Å². The number of allylic oxidation sites excluding steroid dienone is 2. The first-order valence-corrected chi connectivity index (χ1v) is 4.71. The summed E-state index contributed by atoms with van der Waals surface area (Å²) in [5.41, 5.74) is 0. The Morgan fingerprint density at radius 1 is 1.47 bits per heavy atom. The van der Waals surface area contributed by atoms with Gasteiger partial charge in [0.15, 0.2) is 5.78 Å². The van der Waals surface area contributed by atoms with Crippen molar-refractivity contribution in [3.8, 4) is 0 Å². The summed E-state index contributed by atoms with van der Waals surface area (Å²) in [6, 6.07) is 0. The molecule has 5 nitrogen and oxygen atoms in total. The standard InChI is InChI=1S/C10H12O5/c1-2-14-10(13)6-7(11)5-8-3-4-9(12)15-8/h5H,2-4,6H2,1H3/b8-5-. The van der Waals surface area contributed by atoms with Crippen molar-refractivity contribution < 1.29 is 23.9 Å². The van der Waals surface area contributed by atoms with Gasteiger partial charge in [0.25, 0.3) is 0 Å². The number of ether oxygens (including phenoxy) is 2. The minimum atomic E-state index is -0.566. The number of hydrogen-bond donors (Lipinski definition) is 0. The van der Waals surface area contributed by atoms with Gasteiger partial charge in [0, 0.05) is 12.5 Å². The maximum Gasteiger partial charge on any atom is 0.313 e. The van der Waals surface area contributed by atoms with Crippen LogP contribution in [0.3, 0.4) is 0 Å². The molecule has 0 aromatic carbocycles. The van der Waals surface area contributed by atoms with E-state index in [1.54, 1.807) is 6.92 Å². The molecule has 1 rings (SSSR count). The fraction of sp³-hybridized carbons (Fsp3) is 0.500. The third-order valence-electron chi connectivity index (χ3n) is 1.77. The highest BCUT2D eigenvalue weighted by Crippen LogP contribution is 2.17. The van der Waals surface area contributed by atoms with Crippen LogP contribution in [0.15, 0.2) is 11.8 Å². The Balaban J connectivity index is 2.41. The molecule has 0 unspecified atom stereocenters. The van der Waals surface area contributed by atoms with E-state index in [2.05, 4.69) is 4.74 Å². The summed E-state index contributed by atoms with van der Waals surface area (Å²) >= 11 is 0. The molecule has 0 aromatic heterocycles. The minimum Gasteiger partial charge on any atom is -0.466 e. The zero-order valence-corrected chi connectivity index (χ0v) is 8.45. The molecule has 5 heteroatoms. The monoisotopic (exact) mass is 212 g/mol. The SMILES string of the molecule is CCOC(=O)CC(=O)/C=C1/CCC(=O)O1. The van der Waals surface area contributed by atoms with Crippen LogP contribution in [0.4, 0.5) is 0 Å². The lowest BCUT2D eigenvalue weighted by Gasteiger charge is -1.98. The molecule has 0 bridgehead atoms. The Morgan fingerprint density at radius 3 is 2.73 bits per heavy atom. The van der Waals surface area contributed by atoms with Crippen molar-refractivity contribution in [3.63, 3.8) is 0 Å². The summed E-state index contributed by atoms with van der Waals surface area (Å²) in [5, 5.41) is 0. The average molecular weight is 212 g/mol. The molecule has 0 saturated carbocycles. The lowest BCUT2D eigenvalue weighted by molar-refractivity contribution is -0.144. The second-order valence-electron chi connectivity index (χ2n) is 3.03. The van der Waals surface area contributed by atoms with Gasteiger partial charge < -0.3 is 9.47 Å². The minimum absolute atomic E-state index is 0.248. The molecule has 82 valence electrons. The number of ketones is 1. The Kier molecular flexibility index (Phi) is 4.03. The molecule has 0 amide bonds. The van der Waals surface area contributed by atoms with Gasteiger partial charge >= 0.3 is 11.9 Å². The van der Waals surface area contributed by atoms with Gasteiger partial charge in [-0.15, -0.1) is 0 Å². The smallest absolute Gasteiger partial charge is 0.313 e. The molecule has 0 spiro atoms. The Morgan fingerprint density at radius 2 is 2.20 bits per heavy atom. The third-order valence-corrected chi connectivity index (χ3v) is 1.77. The van der Waals surface area contributed by atoms with Gasteiger partial charge in [-0.2, -0.15) is 0 Å². The maximum atomic E-state index is 11.2. The molecule has 0 N–H and O–H groups in total. The molecule has 1 heterocycles. The van der Waals surface area contributed by atoms with Gasteiger partial charge in [-0.3, -0.25) is 14.4 Å². The predicted octanol–water partition coefficient (Wildman–Crippen LogP) is 0.730. The molecule has 1 aliphatic rings. The van der Waals surface area contributed by atoms with E-state index in [1.165, 1.54) is 6.08 Å². The second kappa shape index (κ2) is 5.29. The van der Waals surface area contributed by atoms with Gasteiger partial charge in [-0.05, 0) is 6.92 Å². The molecule has 0 radical (unpaired) electrons. The van der Waals surface area contributed by atoms with Gasteiger partial charge in [-0.1, -0.05) is 0 Å². The van der Waals surface area contributed by atoms with E-state index >= 15 is 0 Å². The number of rotatable bonds is 4. The predicted molar refractivity (Wildman–Crippen MR) is 49.7 cm³/mol. The molecular formula is C10H12O5. The van der Waals surface area contributed by atoms with E-state index in [-0.39, 0.29) is 19.0 Å². The van der Waals surface area contributed by atoms with Crippen LogP contribution in [-0.4, -0.2) is 24.3 Å². The number of carbonyl (C=O) groups is 3. The van der Waals surface area contributed by atoms with Gasteiger partial charge in [0.1, 0.15) is 12.2 Å².